The molecule has 2 heteroatoms. The summed E-state index contributed by atoms with van der Waals surface area (Å²) in [6, 6.07) is 4.01. The van der Waals surface area contributed by atoms with Gasteiger partial charge in [0.15, 0.2) is 0 Å². The molecule has 80 valence electrons. The van der Waals surface area contributed by atoms with Crippen LogP contribution in [0, 0.1) is 13.8 Å². The molecule has 15 heavy (non-hydrogen) atoms. The summed E-state index contributed by atoms with van der Waals surface area (Å²) in [6.45, 7) is 6.44. The first kappa shape index (κ1) is 10.2. The molecule has 1 aromatic carbocycles. The van der Waals surface area contributed by atoms with Crippen molar-refractivity contribution in [3.8, 4) is 0 Å². The number of benzene rings is 1. The second kappa shape index (κ2) is 4.05. The monoisotopic (exact) mass is 203 g/mol. The lowest BCUT2D eigenvalue weighted by atomic mass is 10.0. The van der Waals surface area contributed by atoms with Crippen LogP contribution in [-0.2, 0) is 0 Å². The lowest BCUT2D eigenvalue weighted by molar-refractivity contribution is 0.112. The van der Waals surface area contributed by atoms with E-state index in [0.29, 0.717) is 0 Å². The molecule has 0 bridgehead atoms. The van der Waals surface area contributed by atoms with Gasteiger partial charge in [-0.1, -0.05) is 0 Å². The molecule has 0 N–H and O–H groups in total. The van der Waals surface area contributed by atoms with Crippen LogP contribution in [0.2, 0.25) is 0 Å². The van der Waals surface area contributed by atoms with Gasteiger partial charge in [0.05, 0.1) is 0 Å². The summed E-state index contributed by atoms with van der Waals surface area (Å²) in [5.74, 6) is 0. The van der Waals surface area contributed by atoms with Crippen LogP contribution in [0.5, 0.6) is 0 Å². The Morgan fingerprint density at radius 3 is 2.40 bits per heavy atom. The van der Waals surface area contributed by atoms with Crippen molar-refractivity contribution in [1.29, 1.82) is 0 Å². The van der Waals surface area contributed by atoms with Gasteiger partial charge in [-0.05, 0) is 49.9 Å². The summed E-state index contributed by atoms with van der Waals surface area (Å²) < 4.78 is 0. The van der Waals surface area contributed by atoms with Crippen molar-refractivity contribution in [2.75, 3.05) is 18.0 Å². The van der Waals surface area contributed by atoms with Gasteiger partial charge < -0.3 is 4.90 Å². The molecule has 1 saturated heterocycles. The van der Waals surface area contributed by atoms with E-state index in [1.165, 1.54) is 24.1 Å². The van der Waals surface area contributed by atoms with Gasteiger partial charge in [0.2, 0.25) is 0 Å². The lowest BCUT2D eigenvalue weighted by Gasteiger charge is -2.21. The van der Waals surface area contributed by atoms with E-state index in [-0.39, 0.29) is 0 Å². The molecular formula is C13H17NO. The van der Waals surface area contributed by atoms with Crippen LogP contribution in [0.15, 0.2) is 12.1 Å². The minimum atomic E-state index is 0.815. The first-order valence-electron chi connectivity index (χ1n) is 5.54. The molecule has 0 aromatic heterocycles. The molecule has 1 aliphatic rings. The van der Waals surface area contributed by atoms with Crippen LogP contribution >= 0.6 is 0 Å². The first-order valence-corrected chi connectivity index (χ1v) is 5.54. The summed E-state index contributed by atoms with van der Waals surface area (Å²) >= 11 is 0. The standard InChI is InChI=1S/C13H17NO/c1-10-11(2)13(6-5-12(10)9-15)14-7-3-4-8-14/h5-6,9H,3-4,7-8H2,1-2H3. The van der Waals surface area contributed by atoms with E-state index in [9.17, 15) is 4.79 Å². The summed E-state index contributed by atoms with van der Waals surface area (Å²) in [5.41, 5.74) is 4.49. The van der Waals surface area contributed by atoms with Crippen LogP contribution in [0.3, 0.4) is 0 Å². The SMILES string of the molecule is Cc1c(C=O)ccc(N2CCCC2)c1C. The van der Waals surface area contributed by atoms with E-state index in [1.54, 1.807) is 0 Å². The summed E-state index contributed by atoms with van der Waals surface area (Å²) in [7, 11) is 0. The smallest absolute Gasteiger partial charge is 0.150 e. The van der Waals surface area contributed by atoms with E-state index < -0.39 is 0 Å². The molecule has 1 aliphatic heterocycles. The van der Waals surface area contributed by atoms with Crippen molar-refractivity contribution in [2.45, 2.75) is 26.7 Å². The van der Waals surface area contributed by atoms with Gasteiger partial charge in [0.25, 0.3) is 0 Å². The number of nitrogens with zero attached hydrogens (tertiary/aromatic N) is 1. The molecule has 0 atom stereocenters. The number of anilines is 1. The average molecular weight is 203 g/mol. The predicted molar refractivity (Wildman–Crippen MR) is 62.8 cm³/mol. The molecule has 0 saturated carbocycles. The van der Waals surface area contributed by atoms with Gasteiger partial charge in [0.1, 0.15) is 6.29 Å². The molecular weight excluding hydrogens is 186 g/mol. The second-order valence-electron chi connectivity index (χ2n) is 4.24. The van der Waals surface area contributed by atoms with Crippen molar-refractivity contribution in [1.82, 2.24) is 0 Å². The maximum atomic E-state index is 10.8. The second-order valence-corrected chi connectivity index (χ2v) is 4.24. The van der Waals surface area contributed by atoms with E-state index in [2.05, 4.69) is 17.9 Å². The number of carbonyl (C=O) groups excluding carboxylic acids is 1. The number of aldehydes is 1. The Labute approximate surface area is 90.9 Å². The van der Waals surface area contributed by atoms with Gasteiger partial charge >= 0.3 is 0 Å². The number of hydrogen-bond acceptors (Lipinski definition) is 2. The molecule has 0 radical (unpaired) electrons. The van der Waals surface area contributed by atoms with Crippen molar-refractivity contribution in [2.24, 2.45) is 0 Å². The van der Waals surface area contributed by atoms with Crippen LogP contribution in [0.1, 0.15) is 34.3 Å². The highest BCUT2D eigenvalue weighted by atomic mass is 16.1. The highest BCUT2D eigenvalue weighted by molar-refractivity contribution is 5.80. The first-order chi connectivity index (χ1) is 7.24. The quantitative estimate of drug-likeness (QED) is 0.689. The summed E-state index contributed by atoms with van der Waals surface area (Å²) in [4.78, 5) is 13.2. The topological polar surface area (TPSA) is 20.3 Å². The lowest BCUT2D eigenvalue weighted by Crippen LogP contribution is -2.19. The maximum Gasteiger partial charge on any atom is 0.150 e. The zero-order valence-corrected chi connectivity index (χ0v) is 9.42. The normalized spacial score (nSPS) is 15.7. The third-order valence-electron chi connectivity index (χ3n) is 3.37. The Morgan fingerprint density at radius 1 is 1.13 bits per heavy atom. The Balaban J connectivity index is 2.40. The van der Waals surface area contributed by atoms with Crippen molar-refractivity contribution in [3.05, 3.63) is 28.8 Å². The van der Waals surface area contributed by atoms with E-state index >= 15 is 0 Å². The largest absolute Gasteiger partial charge is 0.371 e. The molecule has 1 heterocycles. The summed E-state index contributed by atoms with van der Waals surface area (Å²) in [6.07, 6.45) is 3.51. The Morgan fingerprint density at radius 2 is 1.80 bits per heavy atom. The van der Waals surface area contributed by atoms with Gasteiger partial charge in [-0.3, -0.25) is 4.79 Å². The predicted octanol–water partition coefficient (Wildman–Crippen LogP) is 2.72. The highest BCUT2D eigenvalue weighted by Crippen LogP contribution is 2.27. The van der Waals surface area contributed by atoms with Crippen LogP contribution < -0.4 is 4.90 Å². The molecule has 1 fully saturated rings. The van der Waals surface area contributed by atoms with E-state index in [4.69, 9.17) is 0 Å². The fourth-order valence-electron chi connectivity index (χ4n) is 2.26. The zero-order chi connectivity index (χ0) is 10.8. The third-order valence-corrected chi connectivity index (χ3v) is 3.37. The Kier molecular flexibility index (Phi) is 2.76. The average Bonchev–Trinajstić information content (AvgIpc) is 2.75. The molecule has 0 unspecified atom stereocenters. The van der Waals surface area contributed by atoms with Crippen molar-refractivity contribution >= 4 is 12.0 Å². The molecule has 0 amide bonds. The van der Waals surface area contributed by atoms with Crippen molar-refractivity contribution < 1.29 is 4.79 Å². The van der Waals surface area contributed by atoms with Gasteiger partial charge in [0, 0.05) is 24.3 Å². The molecule has 0 spiro atoms. The van der Waals surface area contributed by atoms with Gasteiger partial charge in [-0.25, -0.2) is 0 Å². The summed E-state index contributed by atoms with van der Waals surface area (Å²) in [5, 5.41) is 0. The number of carbonyl (C=O) groups is 1. The van der Waals surface area contributed by atoms with Crippen LogP contribution in [0.25, 0.3) is 0 Å². The zero-order valence-electron chi connectivity index (χ0n) is 9.42. The third kappa shape index (κ3) is 1.76. The van der Waals surface area contributed by atoms with E-state index in [1.807, 2.05) is 13.0 Å². The van der Waals surface area contributed by atoms with Crippen LogP contribution in [0.4, 0.5) is 5.69 Å². The fourth-order valence-corrected chi connectivity index (χ4v) is 2.26. The maximum absolute atomic E-state index is 10.8. The molecule has 1 aromatic rings. The highest BCUT2D eigenvalue weighted by Gasteiger charge is 2.15. The molecule has 2 rings (SSSR count). The Bertz CT molecular complexity index is 378. The van der Waals surface area contributed by atoms with Crippen molar-refractivity contribution in [3.63, 3.8) is 0 Å². The fraction of sp³-hybridized carbons (Fsp3) is 0.462. The Hall–Kier alpha value is -1.31. The number of hydrogen-bond donors (Lipinski definition) is 0. The molecule has 0 aliphatic carbocycles. The van der Waals surface area contributed by atoms with Gasteiger partial charge in [-0.15, -0.1) is 0 Å². The van der Waals surface area contributed by atoms with Gasteiger partial charge in [-0.2, -0.15) is 0 Å². The van der Waals surface area contributed by atoms with Crippen LogP contribution in [-0.4, -0.2) is 19.4 Å². The number of rotatable bonds is 2. The molecule has 2 nitrogen and oxygen atoms in total. The minimum Gasteiger partial charge on any atom is -0.371 e. The van der Waals surface area contributed by atoms with E-state index in [0.717, 1.165) is 30.5 Å². The minimum absolute atomic E-state index is 0.815.